The molecule has 21 heavy (non-hydrogen) atoms. The van der Waals surface area contributed by atoms with Crippen LogP contribution in [-0.2, 0) is 6.42 Å². The highest BCUT2D eigenvalue weighted by atomic mass is 16.5. The number of nitrogens with zero attached hydrogens (tertiary/aromatic N) is 2. The van der Waals surface area contributed by atoms with Crippen molar-refractivity contribution in [2.45, 2.75) is 20.3 Å². The van der Waals surface area contributed by atoms with E-state index in [-0.39, 0.29) is 5.69 Å². The van der Waals surface area contributed by atoms with Crippen LogP contribution in [-0.4, -0.2) is 22.5 Å². The molecule has 2 aromatic rings. The number of hydrogen-bond acceptors (Lipinski definition) is 5. The second-order valence-electron chi connectivity index (χ2n) is 4.33. The molecule has 0 aliphatic carbocycles. The molecule has 1 amide bonds. The molecule has 0 saturated carbocycles. The largest absolute Gasteiger partial charge is 0.494 e. The third kappa shape index (κ3) is 3.35. The number of nitrogen functional groups attached to an aromatic ring is 1. The van der Waals surface area contributed by atoms with Gasteiger partial charge in [0.1, 0.15) is 11.4 Å². The van der Waals surface area contributed by atoms with Crippen molar-refractivity contribution in [3.05, 3.63) is 41.9 Å². The van der Waals surface area contributed by atoms with Gasteiger partial charge in [-0.05, 0) is 37.6 Å². The van der Waals surface area contributed by atoms with Gasteiger partial charge in [-0.25, -0.2) is 10.8 Å². The van der Waals surface area contributed by atoms with E-state index in [1.54, 1.807) is 0 Å². The average Bonchev–Trinajstić information content (AvgIpc) is 2.54. The van der Waals surface area contributed by atoms with Gasteiger partial charge in [-0.15, -0.1) is 0 Å². The van der Waals surface area contributed by atoms with Crippen molar-refractivity contribution in [2.24, 2.45) is 5.84 Å². The molecule has 0 unspecified atom stereocenters. The van der Waals surface area contributed by atoms with Crippen LogP contribution in [0.25, 0.3) is 11.3 Å². The van der Waals surface area contributed by atoms with Crippen LogP contribution in [0.15, 0.2) is 30.5 Å². The maximum Gasteiger partial charge on any atom is 0.285 e. The monoisotopic (exact) mass is 286 g/mol. The Balaban J connectivity index is 2.42. The van der Waals surface area contributed by atoms with Crippen LogP contribution in [0.5, 0.6) is 5.75 Å². The van der Waals surface area contributed by atoms with Gasteiger partial charge in [0, 0.05) is 5.56 Å². The second-order valence-corrected chi connectivity index (χ2v) is 4.33. The fourth-order valence-corrected chi connectivity index (χ4v) is 1.96. The molecule has 1 aromatic heterocycles. The lowest BCUT2D eigenvalue weighted by Crippen LogP contribution is -2.31. The molecular weight excluding hydrogens is 268 g/mol. The van der Waals surface area contributed by atoms with Crippen LogP contribution < -0.4 is 16.0 Å². The minimum Gasteiger partial charge on any atom is -0.494 e. The van der Waals surface area contributed by atoms with E-state index < -0.39 is 5.91 Å². The molecule has 0 bridgehead atoms. The van der Waals surface area contributed by atoms with Gasteiger partial charge in [0.15, 0.2) is 0 Å². The number of benzene rings is 1. The zero-order chi connectivity index (χ0) is 15.2. The SMILES string of the molecule is CCOc1ccc(-c2nc(C(=O)NN)cnc2CC)cc1. The van der Waals surface area contributed by atoms with Crippen molar-refractivity contribution < 1.29 is 9.53 Å². The number of aryl methyl sites for hydroxylation is 1. The number of rotatable bonds is 5. The predicted octanol–water partition coefficient (Wildman–Crippen LogP) is 1.71. The lowest BCUT2D eigenvalue weighted by Gasteiger charge is -2.09. The highest BCUT2D eigenvalue weighted by Crippen LogP contribution is 2.23. The molecule has 0 fully saturated rings. The molecule has 0 aliphatic heterocycles. The minimum atomic E-state index is -0.461. The van der Waals surface area contributed by atoms with Gasteiger partial charge in [0.05, 0.1) is 24.2 Å². The fraction of sp³-hybridized carbons (Fsp3) is 0.267. The van der Waals surface area contributed by atoms with Gasteiger partial charge >= 0.3 is 0 Å². The summed E-state index contributed by atoms with van der Waals surface area (Å²) in [4.78, 5) is 20.2. The molecule has 1 heterocycles. The molecule has 3 N–H and O–H groups in total. The van der Waals surface area contributed by atoms with Crippen molar-refractivity contribution in [1.82, 2.24) is 15.4 Å². The minimum absolute atomic E-state index is 0.193. The highest BCUT2D eigenvalue weighted by molar-refractivity contribution is 5.92. The number of amides is 1. The lowest BCUT2D eigenvalue weighted by atomic mass is 10.1. The normalized spacial score (nSPS) is 10.2. The standard InChI is InChI=1S/C15H18N4O2/c1-3-12-14(18-13(9-17-12)15(20)19-16)10-5-7-11(8-6-10)21-4-2/h5-9H,3-4,16H2,1-2H3,(H,19,20). The summed E-state index contributed by atoms with van der Waals surface area (Å²) in [5, 5.41) is 0. The number of nitrogens with two attached hydrogens (primary N) is 1. The van der Waals surface area contributed by atoms with Crippen molar-refractivity contribution in [2.75, 3.05) is 6.61 Å². The maximum atomic E-state index is 11.6. The molecule has 0 radical (unpaired) electrons. The van der Waals surface area contributed by atoms with E-state index in [1.165, 1.54) is 6.20 Å². The van der Waals surface area contributed by atoms with E-state index in [0.29, 0.717) is 12.3 Å². The third-order valence-corrected chi connectivity index (χ3v) is 2.99. The van der Waals surface area contributed by atoms with Crippen LogP contribution in [0.1, 0.15) is 30.0 Å². The Kier molecular flexibility index (Phi) is 4.84. The molecule has 110 valence electrons. The van der Waals surface area contributed by atoms with Gasteiger partial charge < -0.3 is 4.74 Å². The Morgan fingerprint density at radius 1 is 1.29 bits per heavy atom. The van der Waals surface area contributed by atoms with Crippen molar-refractivity contribution in [1.29, 1.82) is 0 Å². The molecule has 0 aliphatic rings. The third-order valence-electron chi connectivity index (χ3n) is 2.99. The molecule has 0 atom stereocenters. The van der Waals surface area contributed by atoms with E-state index in [9.17, 15) is 4.79 Å². The van der Waals surface area contributed by atoms with Crippen molar-refractivity contribution >= 4 is 5.91 Å². The zero-order valence-electron chi connectivity index (χ0n) is 12.1. The van der Waals surface area contributed by atoms with Gasteiger partial charge in [0.25, 0.3) is 5.91 Å². The Morgan fingerprint density at radius 3 is 2.57 bits per heavy atom. The summed E-state index contributed by atoms with van der Waals surface area (Å²) in [7, 11) is 0. The molecule has 0 spiro atoms. The molecule has 1 aromatic carbocycles. The first-order valence-corrected chi connectivity index (χ1v) is 6.79. The predicted molar refractivity (Wildman–Crippen MR) is 79.7 cm³/mol. The van der Waals surface area contributed by atoms with Gasteiger partial charge in [-0.3, -0.25) is 15.2 Å². The van der Waals surface area contributed by atoms with Gasteiger partial charge in [0.2, 0.25) is 0 Å². The van der Waals surface area contributed by atoms with E-state index in [0.717, 1.165) is 23.4 Å². The smallest absolute Gasteiger partial charge is 0.285 e. The summed E-state index contributed by atoms with van der Waals surface area (Å²) in [6.45, 7) is 4.54. The van der Waals surface area contributed by atoms with Gasteiger partial charge in [-0.2, -0.15) is 0 Å². The number of ether oxygens (including phenoxy) is 1. The van der Waals surface area contributed by atoms with Crippen LogP contribution in [0.4, 0.5) is 0 Å². The van der Waals surface area contributed by atoms with Crippen LogP contribution >= 0.6 is 0 Å². The number of nitrogens with one attached hydrogen (secondary N) is 1. The Morgan fingerprint density at radius 2 is 2.00 bits per heavy atom. The molecule has 6 nitrogen and oxygen atoms in total. The van der Waals surface area contributed by atoms with Crippen LogP contribution in [0, 0.1) is 0 Å². The molecular formula is C15H18N4O2. The number of carbonyl (C=O) groups excluding carboxylic acids is 1. The summed E-state index contributed by atoms with van der Waals surface area (Å²) in [6.07, 6.45) is 2.15. The summed E-state index contributed by atoms with van der Waals surface area (Å²) < 4.78 is 5.42. The summed E-state index contributed by atoms with van der Waals surface area (Å²) in [5.74, 6) is 5.47. The summed E-state index contributed by atoms with van der Waals surface area (Å²) >= 11 is 0. The number of hydrogen-bond donors (Lipinski definition) is 2. The van der Waals surface area contributed by atoms with Crippen molar-refractivity contribution in [3.8, 4) is 17.0 Å². The second kappa shape index (κ2) is 6.81. The average molecular weight is 286 g/mol. The highest BCUT2D eigenvalue weighted by Gasteiger charge is 2.12. The first-order valence-electron chi connectivity index (χ1n) is 6.79. The van der Waals surface area contributed by atoms with E-state index in [4.69, 9.17) is 10.6 Å². The Bertz CT molecular complexity index is 626. The number of aromatic nitrogens is 2. The Labute approximate surface area is 123 Å². The molecule has 2 rings (SSSR count). The first kappa shape index (κ1) is 14.9. The zero-order valence-corrected chi connectivity index (χ0v) is 12.1. The first-order chi connectivity index (χ1) is 10.2. The van der Waals surface area contributed by atoms with Crippen molar-refractivity contribution in [3.63, 3.8) is 0 Å². The summed E-state index contributed by atoms with van der Waals surface area (Å²) in [6, 6.07) is 7.54. The van der Waals surface area contributed by atoms with Crippen LogP contribution in [0.2, 0.25) is 0 Å². The fourth-order valence-electron chi connectivity index (χ4n) is 1.96. The molecule has 6 heteroatoms. The molecule has 0 saturated heterocycles. The van der Waals surface area contributed by atoms with E-state index in [2.05, 4.69) is 15.4 Å². The quantitative estimate of drug-likeness (QED) is 0.496. The topological polar surface area (TPSA) is 90.1 Å². The number of carbonyl (C=O) groups is 1. The lowest BCUT2D eigenvalue weighted by molar-refractivity contribution is 0.0948. The van der Waals surface area contributed by atoms with Gasteiger partial charge in [-0.1, -0.05) is 6.92 Å². The number of hydrazine groups is 1. The van der Waals surface area contributed by atoms with Crippen LogP contribution in [0.3, 0.4) is 0 Å². The van der Waals surface area contributed by atoms with E-state index in [1.807, 2.05) is 38.1 Å². The Hall–Kier alpha value is -2.47. The maximum absolute atomic E-state index is 11.6. The van der Waals surface area contributed by atoms with E-state index >= 15 is 0 Å². The summed E-state index contributed by atoms with van der Waals surface area (Å²) in [5.41, 5.74) is 4.65.